The maximum atomic E-state index is 13.0. The van der Waals surface area contributed by atoms with E-state index in [1.807, 2.05) is 0 Å². The quantitative estimate of drug-likeness (QED) is 0.0222. The summed E-state index contributed by atoms with van der Waals surface area (Å²) in [4.78, 5) is 72.5. The lowest BCUT2D eigenvalue weighted by Crippen LogP contribution is -2.30. The molecule has 19 heteroatoms. The second-order valence-electron chi connectivity index (χ2n) is 25.6. The zero-order valence-electron chi connectivity index (χ0n) is 58.1. The zero-order chi connectivity index (χ0) is 66.1. The Balaban J connectivity index is 5.19. The van der Waals surface area contributed by atoms with Crippen LogP contribution in [-0.4, -0.2) is 96.7 Å². The fourth-order valence-corrected chi connectivity index (χ4v) is 12.4. The number of ether oxygens (including phenoxy) is 4. The lowest BCUT2D eigenvalue weighted by molar-refractivity contribution is -0.161. The standard InChI is InChI=1S/C71H138O17P2/c1-5-9-13-17-21-24-27-30-32-33-34-36-39-42-46-50-54-58-71(76)88-67(62-82-69(74)56-52-48-44-40-38-35-31-28-25-22-18-14-10-6-2)64-86-90(79,80)84-60-65(72)59-83-89(77,78)85-63-66(61-81-68(73)55-51-47-43-20-16-12-8-4)87-70(75)57-53-49-45-41-37-29-26-23-19-15-11-7-3/h65-67,72H,5-64H2,1-4H3,(H,77,78)(H,79,80)/t65-,66+,67+/m0/s1. The van der Waals surface area contributed by atoms with Gasteiger partial charge in [0.1, 0.15) is 19.3 Å². The minimum Gasteiger partial charge on any atom is -0.462 e. The predicted molar refractivity (Wildman–Crippen MR) is 363 cm³/mol. The Bertz CT molecular complexity index is 1720. The molecule has 534 valence electrons. The Kier molecular flexibility index (Phi) is 64.3. The molecular weight excluding hydrogens is 1190 g/mol. The molecule has 0 spiro atoms. The van der Waals surface area contributed by atoms with Crippen LogP contribution in [0.3, 0.4) is 0 Å². The number of rotatable bonds is 72. The average Bonchev–Trinajstić information content (AvgIpc) is 3.42. The van der Waals surface area contributed by atoms with Crippen molar-refractivity contribution in [2.45, 2.75) is 393 Å². The van der Waals surface area contributed by atoms with Crippen molar-refractivity contribution in [2.24, 2.45) is 0 Å². The molecule has 0 bridgehead atoms. The molecule has 3 N–H and O–H groups in total. The van der Waals surface area contributed by atoms with Gasteiger partial charge in [-0.25, -0.2) is 9.13 Å². The van der Waals surface area contributed by atoms with Gasteiger partial charge in [-0.2, -0.15) is 0 Å². The van der Waals surface area contributed by atoms with Gasteiger partial charge in [0.15, 0.2) is 12.2 Å². The van der Waals surface area contributed by atoms with Crippen molar-refractivity contribution in [3.05, 3.63) is 0 Å². The van der Waals surface area contributed by atoms with Gasteiger partial charge in [0.25, 0.3) is 0 Å². The van der Waals surface area contributed by atoms with Gasteiger partial charge < -0.3 is 33.8 Å². The van der Waals surface area contributed by atoms with Crippen LogP contribution < -0.4 is 0 Å². The monoisotopic (exact) mass is 1320 g/mol. The summed E-state index contributed by atoms with van der Waals surface area (Å²) in [6.07, 6.45) is 54.1. The van der Waals surface area contributed by atoms with Gasteiger partial charge in [-0.05, 0) is 25.7 Å². The number of hydrogen-bond acceptors (Lipinski definition) is 15. The van der Waals surface area contributed by atoms with E-state index < -0.39 is 97.5 Å². The molecule has 0 saturated carbocycles. The zero-order valence-corrected chi connectivity index (χ0v) is 59.9. The molecule has 0 aromatic heterocycles. The first-order chi connectivity index (χ1) is 43.7. The Hall–Kier alpha value is -1.94. The van der Waals surface area contributed by atoms with E-state index in [2.05, 4.69) is 27.7 Å². The van der Waals surface area contributed by atoms with Gasteiger partial charge >= 0.3 is 39.5 Å². The third-order valence-electron chi connectivity index (χ3n) is 16.6. The maximum Gasteiger partial charge on any atom is 0.472 e. The van der Waals surface area contributed by atoms with E-state index in [1.54, 1.807) is 0 Å². The number of carbonyl (C=O) groups excluding carboxylic acids is 4. The summed E-state index contributed by atoms with van der Waals surface area (Å²) in [5, 5.41) is 10.6. The Labute approximate surface area is 549 Å². The van der Waals surface area contributed by atoms with Gasteiger partial charge in [0, 0.05) is 25.7 Å². The largest absolute Gasteiger partial charge is 0.472 e. The molecule has 5 atom stereocenters. The van der Waals surface area contributed by atoms with Crippen LogP contribution in [0, 0.1) is 0 Å². The van der Waals surface area contributed by atoms with E-state index in [1.165, 1.54) is 193 Å². The van der Waals surface area contributed by atoms with E-state index in [-0.39, 0.29) is 25.7 Å². The number of unbranched alkanes of at least 4 members (excludes halogenated alkanes) is 46. The lowest BCUT2D eigenvalue weighted by atomic mass is 10.0. The van der Waals surface area contributed by atoms with Gasteiger partial charge in [0.05, 0.1) is 26.4 Å². The molecule has 0 heterocycles. The molecule has 0 amide bonds. The molecule has 0 aliphatic heterocycles. The average molecular weight is 1330 g/mol. The highest BCUT2D eigenvalue weighted by atomic mass is 31.2. The summed E-state index contributed by atoms with van der Waals surface area (Å²) in [6, 6.07) is 0. The molecule has 0 aliphatic rings. The summed E-state index contributed by atoms with van der Waals surface area (Å²) >= 11 is 0. The Morgan fingerprint density at radius 1 is 0.267 bits per heavy atom. The van der Waals surface area contributed by atoms with Crippen LogP contribution in [-0.2, 0) is 65.4 Å². The molecule has 0 fully saturated rings. The smallest absolute Gasteiger partial charge is 0.462 e. The first-order valence-corrected chi connectivity index (χ1v) is 40.3. The van der Waals surface area contributed by atoms with E-state index in [0.29, 0.717) is 25.7 Å². The molecule has 0 aliphatic carbocycles. The number of aliphatic hydroxyl groups excluding tert-OH is 1. The van der Waals surface area contributed by atoms with Crippen molar-refractivity contribution >= 4 is 39.5 Å². The Morgan fingerprint density at radius 3 is 0.656 bits per heavy atom. The number of phosphoric acid groups is 2. The molecule has 0 saturated heterocycles. The second kappa shape index (κ2) is 65.7. The first kappa shape index (κ1) is 88.1. The van der Waals surface area contributed by atoms with Crippen LogP contribution in [0.1, 0.15) is 374 Å². The van der Waals surface area contributed by atoms with E-state index in [9.17, 15) is 43.2 Å². The number of hydrogen-bond donors (Lipinski definition) is 3. The van der Waals surface area contributed by atoms with Crippen molar-refractivity contribution < 1.29 is 80.2 Å². The summed E-state index contributed by atoms with van der Waals surface area (Å²) in [5.41, 5.74) is 0. The van der Waals surface area contributed by atoms with Gasteiger partial charge in [-0.15, -0.1) is 0 Å². The molecule has 2 unspecified atom stereocenters. The summed E-state index contributed by atoms with van der Waals surface area (Å²) in [7, 11) is -9.89. The van der Waals surface area contributed by atoms with Crippen molar-refractivity contribution in [2.75, 3.05) is 39.6 Å². The van der Waals surface area contributed by atoms with Crippen LogP contribution >= 0.6 is 15.6 Å². The number of carbonyl (C=O) groups is 4. The third-order valence-corrected chi connectivity index (χ3v) is 18.5. The minimum atomic E-state index is -4.95. The normalized spacial score (nSPS) is 14.0. The van der Waals surface area contributed by atoms with Crippen molar-refractivity contribution in [3.63, 3.8) is 0 Å². The summed E-state index contributed by atoms with van der Waals surface area (Å²) in [6.45, 7) is 4.92. The first-order valence-electron chi connectivity index (χ1n) is 37.3. The molecule has 0 aromatic rings. The highest BCUT2D eigenvalue weighted by Crippen LogP contribution is 2.45. The summed E-state index contributed by atoms with van der Waals surface area (Å²) in [5.74, 6) is -2.12. The molecule has 90 heavy (non-hydrogen) atoms. The van der Waals surface area contributed by atoms with Crippen LogP contribution in [0.25, 0.3) is 0 Å². The molecule has 0 radical (unpaired) electrons. The van der Waals surface area contributed by atoms with Gasteiger partial charge in [0.2, 0.25) is 0 Å². The van der Waals surface area contributed by atoms with Crippen LogP contribution in [0.15, 0.2) is 0 Å². The maximum absolute atomic E-state index is 13.0. The van der Waals surface area contributed by atoms with Crippen LogP contribution in [0.4, 0.5) is 0 Å². The van der Waals surface area contributed by atoms with Crippen molar-refractivity contribution in [1.29, 1.82) is 0 Å². The van der Waals surface area contributed by atoms with E-state index in [4.69, 9.17) is 37.0 Å². The summed E-state index contributed by atoms with van der Waals surface area (Å²) < 4.78 is 68.2. The van der Waals surface area contributed by atoms with Crippen LogP contribution in [0.2, 0.25) is 0 Å². The molecular formula is C71H138O17P2. The lowest BCUT2D eigenvalue weighted by Gasteiger charge is -2.21. The van der Waals surface area contributed by atoms with Crippen molar-refractivity contribution in [1.82, 2.24) is 0 Å². The highest BCUT2D eigenvalue weighted by Gasteiger charge is 2.30. The topological polar surface area (TPSA) is 237 Å². The minimum absolute atomic E-state index is 0.107. The van der Waals surface area contributed by atoms with Gasteiger partial charge in [-0.1, -0.05) is 323 Å². The highest BCUT2D eigenvalue weighted by molar-refractivity contribution is 7.47. The molecule has 0 aromatic carbocycles. The van der Waals surface area contributed by atoms with E-state index in [0.717, 1.165) is 103 Å². The number of aliphatic hydroxyl groups is 1. The molecule has 0 rings (SSSR count). The Morgan fingerprint density at radius 2 is 0.444 bits per heavy atom. The van der Waals surface area contributed by atoms with E-state index >= 15 is 0 Å². The third kappa shape index (κ3) is 64.8. The fourth-order valence-electron chi connectivity index (χ4n) is 10.9. The predicted octanol–water partition coefficient (Wildman–Crippen LogP) is 20.7. The van der Waals surface area contributed by atoms with Gasteiger partial charge in [-0.3, -0.25) is 37.3 Å². The van der Waals surface area contributed by atoms with Crippen LogP contribution in [0.5, 0.6) is 0 Å². The molecule has 17 nitrogen and oxygen atoms in total. The number of phosphoric ester groups is 2. The number of esters is 4. The SMILES string of the molecule is CCCCCCCCCCCCCCCCCCCC(=O)O[C@H](COC(=O)CCCCCCCCCCCCCCCC)COP(=O)(O)OC[C@@H](O)COP(=O)(O)OC[C@@H](COC(=O)CCCCCCCCC)OC(=O)CCCCCCCCCCCCCC. The van der Waals surface area contributed by atoms with Crippen molar-refractivity contribution in [3.8, 4) is 0 Å². The second-order valence-corrected chi connectivity index (χ2v) is 28.5. The fraction of sp³-hybridized carbons (Fsp3) is 0.944.